The van der Waals surface area contributed by atoms with E-state index in [-0.39, 0.29) is 17.4 Å². The summed E-state index contributed by atoms with van der Waals surface area (Å²) in [7, 11) is 3.98. The van der Waals surface area contributed by atoms with Crippen molar-refractivity contribution in [1.29, 1.82) is 5.26 Å². The third kappa shape index (κ3) is 10.7. The van der Waals surface area contributed by atoms with Gasteiger partial charge in [-0.3, -0.25) is 9.78 Å². The highest BCUT2D eigenvalue weighted by molar-refractivity contribution is 6.32. The molecule has 52 heavy (non-hydrogen) atoms. The zero-order valence-corrected chi connectivity index (χ0v) is 32.5. The molecule has 1 spiro atoms. The maximum Gasteiger partial charge on any atom is 0.224 e. The first-order valence-electron chi connectivity index (χ1n) is 19.6. The van der Waals surface area contributed by atoms with Crippen molar-refractivity contribution in [3.8, 4) is 17.6 Å². The number of halogens is 1. The molecule has 3 N–H and O–H groups in total. The van der Waals surface area contributed by atoms with Crippen LogP contribution in [0.15, 0.2) is 36.5 Å². The molecule has 2 aliphatic rings. The topological polar surface area (TPSA) is 112 Å². The summed E-state index contributed by atoms with van der Waals surface area (Å²) in [4.78, 5) is 19.5. The lowest BCUT2D eigenvalue weighted by Crippen LogP contribution is -2.55. The Hall–Kier alpha value is -3.58. The average Bonchev–Trinajstić information content (AvgIpc) is 3.10. The monoisotopic (exact) mass is 730 g/mol. The molecular formula is C42H59ClN6O3. The van der Waals surface area contributed by atoms with Crippen LogP contribution in [0.4, 0.5) is 17.1 Å². The summed E-state index contributed by atoms with van der Waals surface area (Å²) >= 11 is 6.90. The van der Waals surface area contributed by atoms with Gasteiger partial charge >= 0.3 is 0 Å². The Morgan fingerprint density at radius 3 is 2.40 bits per heavy atom. The van der Waals surface area contributed by atoms with E-state index in [2.05, 4.69) is 38.8 Å². The molecule has 0 radical (unpaired) electrons. The van der Waals surface area contributed by atoms with Gasteiger partial charge in [-0.2, -0.15) is 5.26 Å². The molecule has 10 heteroatoms. The van der Waals surface area contributed by atoms with Crippen molar-refractivity contribution in [1.82, 2.24) is 15.2 Å². The van der Waals surface area contributed by atoms with Gasteiger partial charge in [0.2, 0.25) is 5.91 Å². The number of fused-ring (bicyclic) bond motifs is 1. The number of ether oxygens (including phenoxy) is 2. The molecule has 5 rings (SSSR count). The number of carbonyl (C=O) groups excluding carboxylic acids is 1. The third-order valence-electron chi connectivity index (χ3n) is 10.8. The van der Waals surface area contributed by atoms with Gasteiger partial charge in [0.25, 0.3) is 0 Å². The lowest BCUT2D eigenvalue weighted by Gasteiger charge is -2.47. The lowest BCUT2D eigenvalue weighted by molar-refractivity contribution is -0.116. The molecule has 0 bridgehead atoms. The second kappa shape index (κ2) is 19.5. The number of hydrogen-bond acceptors (Lipinski definition) is 8. The van der Waals surface area contributed by atoms with Crippen LogP contribution in [0.25, 0.3) is 10.9 Å². The van der Waals surface area contributed by atoms with Crippen molar-refractivity contribution in [3.63, 3.8) is 0 Å². The largest absolute Gasteiger partial charge is 0.492 e. The van der Waals surface area contributed by atoms with Crippen LogP contribution in [-0.4, -0.2) is 62.2 Å². The first-order valence-corrected chi connectivity index (χ1v) is 20.0. The fraction of sp³-hybridized carbons (Fsp3) is 0.595. The molecule has 2 fully saturated rings. The van der Waals surface area contributed by atoms with E-state index in [0.717, 1.165) is 19.5 Å². The van der Waals surface area contributed by atoms with Gasteiger partial charge in [0, 0.05) is 35.8 Å². The van der Waals surface area contributed by atoms with Crippen LogP contribution >= 0.6 is 11.6 Å². The molecule has 1 aliphatic heterocycles. The maximum absolute atomic E-state index is 12.9. The Bertz CT molecular complexity index is 1660. The van der Waals surface area contributed by atoms with Gasteiger partial charge in [-0.25, -0.2) is 0 Å². The molecule has 3 aromatic rings. The van der Waals surface area contributed by atoms with Crippen LogP contribution < -0.4 is 25.4 Å². The number of nitrogens with one attached hydrogen (secondary N) is 3. The molecular weight excluding hydrogens is 672 g/mol. The summed E-state index contributed by atoms with van der Waals surface area (Å²) in [6, 6.07) is 11.9. The molecule has 1 aromatic heterocycles. The van der Waals surface area contributed by atoms with E-state index < -0.39 is 0 Å². The van der Waals surface area contributed by atoms with Crippen molar-refractivity contribution in [3.05, 3.63) is 47.1 Å². The third-order valence-corrected chi connectivity index (χ3v) is 11.1. The Kier molecular flexibility index (Phi) is 14.8. The zero-order valence-electron chi connectivity index (χ0n) is 31.8. The number of rotatable bonds is 12. The number of piperidine rings is 1. The molecule has 1 saturated heterocycles. The highest BCUT2D eigenvalue weighted by Crippen LogP contribution is 2.44. The number of pyridine rings is 1. The molecule has 1 aliphatic carbocycles. The molecule has 2 heterocycles. The van der Waals surface area contributed by atoms with Crippen molar-refractivity contribution in [2.45, 2.75) is 110 Å². The number of amides is 1. The Morgan fingerprint density at radius 2 is 1.75 bits per heavy atom. The van der Waals surface area contributed by atoms with Crippen molar-refractivity contribution in [2.75, 3.05) is 51.0 Å². The molecule has 2 unspecified atom stereocenters. The second-order valence-electron chi connectivity index (χ2n) is 15.3. The SMILES string of the molecule is CCOc1cc2ncc(C#N)c(Nc3ccc(OCC4NCC(C)CC45CCCCCCCCCCC5)c(Cl)c3)c2cc1NC(=O)CCCN(C)C. The summed E-state index contributed by atoms with van der Waals surface area (Å²) in [5.41, 5.74) is 3.08. The van der Waals surface area contributed by atoms with Crippen LogP contribution in [0.2, 0.25) is 5.02 Å². The van der Waals surface area contributed by atoms with Crippen molar-refractivity contribution >= 4 is 45.5 Å². The number of anilines is 3. The smallest absolute Gasteiger partial charge is 0.224 e. The minimum Gasteiger partial charge on any atom is -0.492 e. The van der Waals surface area contributed by atoms with Gasteiger partial charge < -0.3 is 30.3 Å². The van der Waals surface area contributed by atoms with E-state index in [1.807, 2.05) is 45.3 Å². The van der Waals surface area contributed by atoms with Crippen LogP contribution in [0.1, 0.15) is 109 Å². The first-order chi connectivity index (χ1) is 25.2. The Labute approximate surface area is 316 Å². The molecule has 2 atom stereocenters. The lowest BCUT2D eigenvalue weighted by atomic mass is 9.65. The predicted octanol–water partition coefficient (Wildman–Crippen LogP) is 9.85. The Morgan fingerprint density at radius 1 is 1.04 bits per heavy atom. The van der Waals surface area contributed by atoms with E-state index in [9.17, 15) is 10.1 Å². The summed E-state index contributed by atoms with van der Waals surface area (Å²) < 4.78 is 12.4. The van der Waals surface area contributed by atoms with Gasteiger partial charge in [-0.1, -0.05) is 76.3 Å². The van der Waals surface area contributed by atoms with E-state index in [1.165, 1.54) is 77.0 Å². The van der Waals surface area contributed by atoms with Crippen LogP contribution in [0, 0.1) is 22.7 Å². The highest BCUT2D eigenvalue weighted by Gasteiger charge is 2.42. The molecule has 2 aromatic carbocycles. The number of carbonyl (C=O) groups is 1. The van der Waals surface area contributed by atoms with Crippen LogP contribution in [0.3, 0.4) is 0 Å². The van der Waals surface area contributed by atoms with Crippen molar-refractivity contribution in [2.24, 2.45) is 11.3 Å². The number of nitrogens with zero attached hydrogens (tertiary/aromatic N) is 3. The zero-order chi connectivity index (χ0) is 36.9. The first kappa shape index (κ1) is 39.6. The predicted molar refractivity (Wildman–Crippen MR) is 213 cm³/mol. The molecule has 1 saturated carbocycles. The summed E-state index contributed by atoms with van der Waals surface area (Å²) in [5.74, 6) is 1.74. The quantitative estimate of drug-likeness (QED) is 0.169. The van der Waals surface area contributed by atoms with E-state index >= 15 is 0 Å². The standard InChI is InChI=1S/C42H59ClN6O3/c1-5-51-38-24-35-33(23-36(38)48-40(50)16-15-21-49(3)4)41(31(26-44)28-45-35)47-32-17-18-37(34(43)22-32)52-29-39-42(25-30(2)27-46-39)19-13-11-9-7-6-8-10-12-14-20-42/h17-18,22-24,28,30,39,46H,5-16,19-21,25,27,29H2,1-4H3,(H,45,47)(H,48,50). The maximum atomic E-state index is 12.9. The van der Waals surface area contributed by atoms with Gasteiger partial charge in [-0.05, 0) is 95.4 Å². The molecule has 9 nitrogen and oxygen atoms in total. The number of nitriles is 1. The fourth-order valence-corrected chi connectivity index (χ4v) is 8.40. The second-order valence-corrected chi connectivity index (χ2v) is 15.7. The van der Waals surface area contributed by atoms with Gasteiger partial charge in [0.05, 0.1) is 34.1 Å². The van der Waals surface area contributed by atoms with Crippen molar-refractivity contribution < 1.29 is 14.3 Å². The van der Waals surface area contributed by atoms with E-state index in [0.29, 0.717) is 75.6 Å². The van der Waals surface area contributed by atoms with Crippen LogP contribution in [0.5, 0.6) is 11.5 Å². The number of hydrogen-bond donors (Lipinski definition) is 3. The normalized spacial score (nSPS) is 19.7. The highest BCUT2D eigenvalue weighted by atomic mass is 35.5. The van der Waals surface area contributed by atoms with Crippen LogP contribution in [-0.2, 0) is 4.79 Å². The van der Waals surface area contributed by atoms with Gasteiger partial charge in [-0.15, -0.1) is 0 Å². The summed E-state index contributed by atoms with van der Waals surface area (Å²) in [6.45, 7) is 7.13. The Balaban J connectivity index is 1.34. The fourth-order valence-electron chi connectivity index (χ4n) is 8.17. The molecule has 282 valence electrons. The summed E-state index contributed by atoms with van der Waals surface area (Å²) in [5, 5.41) is 21.6. The molecule has 1 amide bonds. The van der Waals surface area contributed by atoms with E-state index in [4.69, 9.17) is 21.1 Å². The van der Waals surface area contributed by atoms with Gasteiger partial charge in [0.15, 0.2) is 0 Å². The minimum atomic E-state index is -0.0985. The van der Waals surface area contributed by atoms with Gasteiger partial charge in [0.1, 0.15) is 24.2 Å². The average molecular weight is 731 g/mol. The number of aromatic nitrogens is 1. The minimum absolute atomic E-state index is 0.0985. The summed E-state index contributed by atoms with van der Waals surface area (Å²) in [6.07, 6.45) is 18.5. The number of benzene rings is 2. The van der Waals surface area contributed by atoms with E-state index in [1.54, 1.807) is 12.3 Å².